The SMILES string of the molecule is CCn1c(SCC(=O)N(C)CC(=O)Nc2c(C)cccc2C)nnc1-c1ccccc1OC. The lowest BCUT2D eigenvalue weighted by Gasteiger charge is -2.18. The molecule has 3 rings (SSSR count). The number of anilines is 1. The van der Waals surface area contributed by atoms with Crippen LogP contribution < -0.4 is 10.1 Å². The van der Waals surface area contributed by atoms with Gasteiger partial charge in [-0.3, -0.25) is 9.59 Å². The topological polar surface area (TPSA) is 89.4 Å². The molecule has 0 aliphatic carbocycles. The van der Waals surface area contributed by atoms with Gasteiger partial charge >= 0.3 is 0 Å². The lowest BCUT2D eigenvalue weighted by Crippen LogP contribution is -2.36. The van der Waals surface area contributed by atoms with Crippen LogP contribution in [0.15, 0.2) is 47.6 Å². The number of rotatable bonds is 9. The van der Waals surface area contributed by atoms with Gasteiger partial charge in [-0.25, -0.2) is 0 Å². The second-order valence-corrected chi connectivity index (χ2v) is 8.55. The van der Waals surface area contributed by atoms with Gasteiger partial charge < -0.3 is 19.5 Å². The van der Waals surface area contributed by atoms with Crippen LogP contribution in [-0.2, 0) is 16.1 Å². The fraction of sp³-hybridized carbons (Fsp3) is 0.333. The van der Waals surface area contributed by atoms with E-state index in [-0.39, 0.29) is 24.1 Å². The van der Waals surface area contributed by atoms with E-state index in [1.54, 1.807) is 14.2 Å². The van der Waals surface area contributed by atoms with Gasteiger partial charge in [-0.15, -0.1) is 10.2 Å². The monoisotopic (exact) mass is 467 g/mol. The van der Waals surface area contributed by atoms with E-state index in [1.165, 1.54) is 16.7 Å². The summed E-state index contributed by atoms with van der Waals surface area (Å²) >= 11 is 1.30. The molecule has 3 aromatic rings. The maximum absolute atomic E-state index is 12.7. The Bertz CT molecular complexity index is 1120. The minimum Gasteiger partial charge on any atom is -0.496 e. The number of nitrogens with one attached hydrogen (secondary N) is 1. The summed E-state index contributed by atoms with van der Waals surface area (Å²) in [6.45, 7) is 6.50. The van der Waals surface area contributed by atoms with Crippen molar-refractivity contribution in [2.75, 3.05) is 31.8 Å². The van der Waals surface area contributed by atoms with Crippen LogP contribution in [0.3, 0.4) is 0 Å². The van der Waals surface area contributed by atoms with E-state index in [0.717, 1.165) is 22.4 Å². The molecule has 8 nitrogen and oxygen atoms in total. The second-order valence-electron chi connectivity index (χ2n) is 7.60. The summed E-state index contributed by atoms with van der Waals surface area (Å²) in [7, 11) is 3.24. The third kappa shape index (κ3) is 5.73. The molecule has 0 bridgehead atoms. The van der Waals surface area contributed by atoms with Gasteiger partial charge in [0.1, 0.15) is 5.75 Å². The Morgan fingerprint density at radius 3 is 2.45 bits per heavy atom. The van der Waals surface area contributed by atoms with Crippen LogP contribution >= 0.6 is 11.8 Å². The third-order valence-corrected chi connectivity index (χ3v) is 6.21. The maximum atomic E-state index is 12.7. The van der Waals surface area contributed by atoms with Crippen molar-refractivity contribution in [2.45, 2.75) is 32.5 Å². The summed E-state index contributed by atoms with van der Waals surface area (Å²) in [6.07, 6.45) is 0. The molecular weight excluding hydrogens is 438 g/mol. The first kappa shape index (κ1) is 24.3. The van der Waals surface area contributed by atoms with Crippen LogP contribution in [0.4, 0.5) is 5.69 Å². The van der Waals surface area contributed by atoms with Crippen molar-refractivity contribution < 1.29 is 14.3 Å². The van der Waals surface area contributed by atoms with Crippen molar-refractivity contribution in [3.05, 3.63) is 53.6 Å². The van der Waals surface area contributed by atoms with E-state index in [2.05, 4.69) is 15.5 Å². The lowest BCUT2D eigenvalue weighted by atomic mass is 10.1. The standard InChI is InChI=1S/C24H29N5O3S/c1-6-29-23(18-12-7-8-13-19(18)32-5)26-27-24(29)33-15-21(31)28(4)14-20(30)25-22-16(2)10-9-11-17(22)3/h7-13H,6,14-15H2,1-5H3,(H,25,30). The molecule has 0 unspecified atom stereocenters. The number of nitrogens with zero attached hydrogens (tertiary/aromatic N) is 4. The number of methoxy groups -OCH3 is 1. The third-order valence-electron chi connectivity index (χ3n) is 5.26. The lowest BCUT2D eigenvalue weighted by molar-refractivity contribution is -0.131. The summed E-state index contributed by atoms with van der Waals surface area (Å²) in [4.78, 5) is 26.6. The highest BCUT2D eigenvalue weighted by Crippen LogP contribution is 2.30. The van der Waals surface area contributed by atoms with Crippen LogP contribution in [0.2, 0.25) is 0 Å². The highest BCUT2D eigenvalue weighted by atomic mass is 32.2. The molecule has 9 heteroatoms. The van der Waals surface area contributed by atoms with Gasteiger partial charge in [0.05, 0.1) is 25.0 Å². The quantitative estimate of drug-likeness (QED) is 0.482. The smallest absolute Gasteiger partial charge is 0.243 e. The number of benzene rings is 2. The number of likely N-dealkylation sites (N-methyl/N-ethyl adjacent to an activating group) is 1. The number of hydrogen-bond acceptors (Lipinski definition) is 6. The molecule has 0 aliphatic rings. The van der Waals surface area contributed by atoms with E-state index in [1.807, 2.05) is 67.8 Å². The van der Waals surface area contributed by atoms with Crippen LogP contribution in [0, 0.1) is 13.8 Å². The number of hydrogen-bond donors (Lipinski definition) is 1. The molecule has 0 atom stereocenters. The van der Waals surface area contributed by atoms with E-state index in [0.29, 0.717) is 23.3 Å². The Labute approximate surface area is 198 Å². The summed E-state index contributed by atoms with van der Waals surface area (Å²) in [6, 6.07) is 13.4. The Balaban J connectivity index is 1.62. The fourth-order valence-corrected chi connectivity index (χ4v) is 4.38. The molecule has 174 valence electrons. The largest absolute Gasteiger partial charge is 0.496 e. The Morgan fingerprint density at radius 1 is 1.09 bits per heavy atom. The molecule has 0 spiro atoms. The fourth-order valence-electron chi connectivity index (χ4n) is 3.44. The first-order valence-electron chi connectivity index (χ1n) is 10.6. The molecule has 1 heterocycles. The predicted molar refractivity (Wildman–Crippen MR) is 131 cm³/mol. The van der Waals surface area contributed by atoms with Gasteiger partial charge in [0, 0.05) is 19.3 Å². The summed E-state index contributed by atoms with van der Waals surface area (Å²) in [5.74, 6) is 1.15. The zero-order chi connectivity index (χ0) is 24.0. The van der Waals surface area contributed by atoms with Gasteiger partial charge in [0.2, 0.25) is 11.8 Å². The zero-order valence-corrected chi connectivity index (χ0v) is 20.4. The van der Waals surface area contributed by atoms with Crippen LogP contribution in [-0.4, -0.2) is 57.9 Å². The molecule has 2 amide bonds. The van der Waals surface area contributed by atoms with Crippen LogP contribution in [0.25, 0.3) is 11.4 Å². The molecule has 0 fully saturated rings. The molecule has 0 saturated heterocycles. The van der Waals surface area contributed by atoms with Crippen molar-refractivity contribution in [1.82, 2.24) is 19.7 Å². The minimum atomic E-state index is -0.233. The van der Waals surface area contributed by atoms with E-state index in [9.17, 15) is 9.59 Å². The Kier molecular flexibility index (Phi) is 8.11. The highest BCUT2D eigenvalue weighted by Gasteiger charge is 2.19. The average Bonchev–Trinajstić information content (AvgIpc) is 3.22. The number of thioether (sulfide) groups is 1. The first-order chi connectivity index (χ1) is 15.8. The maximum Gasteiger partial charge on any atom is 0.243 e. The van der Waals surface area contributed by atoms with E-state index < -0.39 is 0 Å². The minimum absolute atomic E-state index is 0.0277. The van der Waals surface area contributed by atoms with Crippen molar-refractivity contribution >= 4 is 29.3 Å². The predicted octanol–water partition coefficient (Wildman–Crippen LogP) is 3.78. The van der Waals surface area contributed by atoms with Gasteiger partial charge in [0.15, 0.2) is 11.0 Å². The molecule has 0 radical (unpaired) electrons. The molecular formula is C24H29N5O3S. The van der Waals surface area contributed by atoms with Gasteiger partial charge in [-0.2, -0.15) is 0 Å². The molecule has 1 aromatic heterocycles. The van der Waals surface area contributed by atoms with Gasteiger partial charge in [-0.1, -0.05) is 42.1 Å². The molecule has 0 saturated carbocycles. The van der Waals surface area contributed by atoms with Gasteiger partial charge in [0.25, 0.3) is 0 Å². The molecule has 0 aliphatic heterocycles. The average molecular weight is 468 g/mol. The molecule has 2 aromatic carbocycles. The normalized spacial score (nSPS) is 10.7. The number of para-hydroxylation sites is 2. The summed E-state index contributed by atoms with van der Waals surface area (Å²) < 4.78 is 7.39. The number of carbonyl (C=O) groups excluding carboxylic acids is 2. The second kappa shape index (κ2) is 11.0. The van der Waals surface area contributed by atoms with Gasteiger partial charge in [-0.05, 0) is 44.0 Å². The van der Waals surface area contributed by atoms with E-state index in [4.69, 9.17) is 4.74 Å². The van der Waals surface area contributed by atoms with E-state index >= 15 is 0 Å². The van der Waals surface area contributed by atoms with Crippen molar-refractivity contribution in [2.24, 2.45) is 0 Å². The zero-order valence-electron chi connectivity index (χ0n) is 19.6. The number of amides is 2. The van der Waals surface area contributed by atoms with Crippen LogP contribution in [0.1, 0.15) is 18.1 Å². The van der Waals surface area contributed by atoms with Crippen molar-refractivity contribution in [3.8, 4) is 17.1 Å². The number of ether oxygens (including phenoxy) is 1. The number of aryl methyl sites for hydroxylation is 2. The number of carbonyl (C=O) groups is 2. The Hall–Kier alpha value is -3.33. The highest BCUT2D eigenvalue weighted by molar-refractivity contribution is 7.99. The molecule has 1 N–H and O–H groups in total. The Morgan fingerprint density at radius 2 is 1.79 bits per heavy atom. The molecule has 33 heavy (non-hydrogen) atoms. The van der Waals surface area contributed by atoms with Crippen molar-refractivity contribution in [3.63, 3.8) is 0 Å². The number of aromatic nitrogens is 3. The summed E-state index contributed by atoms with van der Waals surface area (Å²) in [5.41, 5.74) is 3.60. The summed E-state index contributed by atoms with van der Waals surface area (Å²) in [5, 5.41) is 12.1. The van der Waals surface area contributed by atoms with Crippen molar-refractivity contribution in [1.29, 1.82) is 0 Å². The van der Waals surface area contributed by atoms with Crippen LogP contribution in [0.5, 0.6) is 5.75 Å². The first-order valence-corrected chi connectivity index (χ1v) is 11.6.